The highest BCUT2D eigenvalue weighted by molar-refractivity contribution is 9.10. The Bertz CT molecular complexity index is 814. The van der Waals surface area contributed by atoms with Crippen molar-refractivity contribution in [3.05, 3.63) is 51.4 Å². The van der Waals surface area contributed by atoms with Crippen LogP contribution in [0.5, 0.6) is 11.6 Å². The zero-order valence-corrected chi connectivity index (χ0v) is 10.9. The van der Waals surface area contributed by atoms with Crippen molar-refractivity contribution in [3.63, 3.8) is 0 Å². The largest absolute Gasteiger partial charge is 0.439 e. The smallest absolute Gasteiger partial charge is 0.348 e. The maximum atomic E-state index is 13.3. The maximum absolute atomic E-state index is 13.3. The van der Waals surface area contributed by atoms with Gasteiger partial charge in [-0.1, -0.05) is 0 Å². The SMILES string of the molecule is O=c1[nH]nc2cc(Oc3ccc(Br)c(F)c3)ncn12. The van der Waals surface area contributed by atoms with Gasteiger partial charge in [-0.3, -0.25) is 0 Å². The molecule has 2 heterocycles. The molecule has 0 amide bonds. The van der Waals surface area contributed by atoms with Gasteiger partial charge in [0.15, 0.2) is 5.65 Å². The molecule has 8 heteroatoms. The highest BCUT2D eigenvalue weighted by Crippen LogP contribution is 2.24. The van der Waals surface area contributed by atoms with Gasteiger partial charge in [0.2, 0.25) is 5.88 Å². The molecule has 0 unspecified atom stereocenters. The van der Waals surface area contributed by atoms with E-state index in [2.05, 4.69) is 31.1 Å². The molecule has 6 nitrogen and oxygen atoms in total. The lowest BCUT2D eigenvalue weighted by Gasteiger charge is -2.05. The van der Waals surface area contributed by atoms with Crippen LogP contribution in [0.15, 0.2) is 39.9 Å². The Morgan fingerprint density at radius 3 is 3.00 bits per heavy atom. The molecule has 0 saturated heterocycles. The van der Waals surface area contributed by atoms with E-state index in [9.17, 15) is 9.18 Å². The second kappa shape index (κ2) is 4.47. The van der Waals surface area contributed by atoms with E-state index in [1.54, 1.807) is 6.07 Å². The predicted octanol–water partition coefficient (Wildman–Crippen LogP) is 2.11. The van der Waals surface area contributed by atoms with Crippen LogP contribution in [0.4, 0.5) is 4.39 Å². The van der Waals surface area contributed by atoms with Crippen LogP contribution in [-0.4, -0.2) is 19.6 Å². The van der Waals surface area contributed by atoms with Crippen molar-refractivity contribution in [2.24, 2.45) is 0 Å². The summed E-state index contributed by atoms with van der Waals surface area (Å²) in [6.07, 6.45) is 1.28. The van der Waals surface area contributed by atoms with Crippen LogP contribution < -0.4 is 10.4 Å². The van der Waals surface area contributed by atoms with Crippen molar-refractivity contribution in [1.82, 2.24) is 19.6 Å². The number of hydrogen-bond acceptors (Lipinski definition) is 4. The molecule has 0 aliphatic rings. The molecule has 0 fully saturated rings. The van der Waals surface area contributed by atoms with Gasteiger partial charge in [0.1, 0.15) is 17.9 Å². The summed E-state index contributed by atoms with van der Waals surface area (Å²) in [5, 5.41) is 6.06. The van der Waals surface area contributed by atoms with E-state index in [4.69, 9.17) is 4.74 Å². The third kappa shape index (κ3) is 2.22. The number of aromatic nitrogens is 4. The molecule has 0 atom stereocenters. The summed E-state index contributed by atoms with van der Waals surface area (Å²) >= 11 is 3.05. The van der Waals surface area contributed by atoms with E-state index in [1.165, 1.54) is 28.9 Å². The molecule has 0 radical (unpaired) electrons. The van der Waals surface area contributed by atoms with Gasteiger partial charge in [0.25, 0.3) is 0 Å². The zero-order valence-electron chi connectivity index (χ0n) is 9.30. The Kier molecular flexibility index (Phi) is 2.79. The molecule has 96 valence electrons. The fourth-order valence-corrected chi connectivity index (χ4v) is 1.76. The van der Waals surface area contributed by atoms with Crippen molar-refractivity contribution < 1.29 is 9.13 Å². The number of H-pyrrole nitrogens is 1. The standard InChI is InChI=1S/C11H6BrFN4O2/c12-7-2-1-6(3-8(7)13)19-10-4-9-15-16-11(18)17(9)5-14-10/h1-5H,(H,16,18). The third-order valence-electron chi connectivity index (χ3n) is 2.40. The molecular formula is C11H6BrFN4O2. The van der Waals surface area contributed by atoms with Crippen LogP contribution in [0.2, 0.25) is 0 Å². The Hall–Kier alpha value is -2.22. The Morgan fingerprint density at radius 1 is 1.37 bits per heavy atom. The van der Waals surface area contributed by atoms with E-state index in [0.29, 0.717) is 15.9 Å². The number of aromatic amines is 1. The minimum absolute atomic E-state index is 0.216. The van der Waals surface area contributed by atoms with Gasteiger partial charge < -0.3 is 4.74 Å². The number of fused-ring (bicyclic) bond motifs is 1. The normalized spacial score (nSPS) is 10.8. The maximum Gasteiger partial charge on any atom is 0.348 e. The number of halogens is 2. The Morgan fingerprint density at radius 2 is 2.21 bits per heavy atom. The molecule has 0 aliphatic carbocycles. The van der Waals surface area contributed by atoms with Crippen molar-refractivity contribution in [2.75, 3.05) is 0 Å². The molecular weight excluding hydrogens is 319 g/mol. The predicted molar refractivity (Wildman–Crippen MR) is 67.8 cm³/mol. The van der Waals surface area contributed by atoms with Gasteiger partial charge in [-0.2, -0.15) is 5.10 Å². The monoisotopic (exact) mass is 324 g/mol. The number of nitrogens with one attached hydrogen (secondary N) is 1. The highest BCUT2D eigenvalue weighted by atomic mass is 79.9. The summed E-state index contributed by atoms with van der Waals surface area (Å²) in [7, 11) is 0. The van der Waals surface area contributed by atoms with Gasteiger partial charge in [0, 0.05) is 12.1 Å². The number of rotatable bonds is 2. The first-order chi connectivity index (χ1) is 9.13. The zero-order chi connectivity index (χ0) is 13.4. The average molecular weight is 325 g/mol. The molecule has 0 spiro atoms. The van der Waals surface area contributed by atoms with E-state index in [-0.39, 0.29) is 11.6 Å². The van der Waals surface area contributed by atoms with E-state index in [0.717, 1.165) is 0 Å². The van der Waals surface area contributed by atoms with Gasteiger partial charge in [-0.25, -0.2) is 23.7 Å². The van der Waals surface area contributed by atoms with Gasteiger partial charge in [-0.05, 0) is 28.1 Å². The first-order valence-corrected chi connectivity index (χ1v) is 5.98. The van der Waals surface area contributed by atoms with Crippen LogP contribution in [0.25, 0.3) is 5.65 Å². The molecule has 3 rings (SSSR count). The summed E-state index contributed by atoms with van der Waals surface area (Å²) in [5.41, 5.74) is -0.0173. The molecule has 19 heavy (non-hydrogen) atoms. The lowest BCUT2D eigenvalue weighted by atomic mass is 10.3. The molecule has 1 N–H and O–H groups in total. The number of hydrogen-bond donors (Lipinski definition) is 1. The number of nitrogens with zero attached hydrogens (tertiary/aromatic N) is 3. The Labute approximate surface area is 114 Å². The van der Waals surface area contributed by atoms with E-state index >= 15 is 0 Å². The van der Waals surface area contributed by atoms with Crippen molar-refractivity contribution in [2.45, 2.75) is 0 Å². The number of benzene rings is 1. The molecule has 0 bridgehead atoms. The van der Waals surface area contributed by atoms with Crippen LogP contribution in [0, 0.1) is 5.82 Å². The Balaban J connectivity index is 1.96. The summed E-state index contributed by atoms with van der Waals surface area (Å²) in [6, 6.07) is 5.82. The molecule has 0 saturated carbocycles. The highest BCUT2D eigenvalue weighted by Gasteiger charge is 2.06. The first-order valence-electron chi connectivity index (χ1n) is 5.19. The minimum Gasteiger partial charge on any atom is -0.439 e. The third-order valence-corrected chi connectivity index (χ3v) is 3.04. The summed E-state index contributed by atoms with van der Waals surface area (Å²) in [4.78, 5) is 15.2. The van der Waals surface area contributed by atoms with Gasteiger partial charge in [0.05, 0.1) is 4.47 Å². The summed E-state index contributed by atoms with van der Waals surface area (Å²) in [5.74, 6) is 0.0817. The number of ether oxygens (including phenoxy) is 1. The molecule has 0 aliphatic heterocycles. The van der Waals surface area contributed by atoms with Crippen LogP contribution in [-0.2, 0) is 0 Å². The van der Waals surface area contributed by atoms with Gasteiger partial charge in [-0.15, -0.1) is 0 Å². The van der Waals surface area contributed by atoms with Crippen molar-refractivity contribution in [3.8, 4) is 11.6 Å². The van der Waals surface area contributed by atoms with Crippen molar-refractivity contribution in [1.29, 1.82) is 0 Å². The van der Waals surface area contributed by atoms with E-state index < -0.39 is 5.82 Å². The fourth-order valence-electron chi connectivity index (χ4n) is 1.51. The van der Waals surface area contributed by atoms with Gasteiger partial charge >= 0.3 is 5.69 Å². The van der Waals surface area contributed by atoms with Crippen LogP contribution in [0.3, 0.4) is 0 Å². The summed E-state index contributed by atoms with van der Waals surface area (Å²) in [6.45, 7) is 0. The first kappa shape index (κ1) is 11.8. The second-order valence-electron chi connectivity index (χ2n) is 3.66. The minimum atomic E-state index is -0.436. The molecule has 2 aromatic heterocycles. The van der Waals surface area contributed by atoms with Crippen molar-refractivity contribution >= 4 is 21.6 Å². The fraction of sp³-hybridized carbons (Fsp3) is 0. The van der Waals surface area contributed by atoms with Crippen LogP contribution in [0.1, 0.15) is 0 Å². The molecule has 3 aromatic rings. The quantitative estimate of drug-likeness (QED) is 0.783. The summed E-state index contributed by atoms with van der Waals surface area (Å²) < 4.78 is 20.3. The van der Waals surface area contributed by atoms with E-state index in [1.807, 2.05) is 0 Å². The molecule has 1 aromatic carbocycles. The average Bonchev–Trinajstić information content (AvgIpc) is 2.75. The lowest BCUT2D eigenvalue weighted by molar-refractivity contribution is 0.456. The second-order valence-corrected chi connectivity index (χ2v) is 4.52. The lowest BCUT2D eigenvalue weighted by Crippen LogP contribution is -2.09. The van der Waals surface area contributed by atoms with Crippen LogP contribution >= 0.6 is 15.9 Å². The topological polar surface area (TPSA) is 72.3 Å².